The van der Waals surface area contributed by atoms with Gasteiger partial charge in [0.2, 0.25) is 0 Å². The second-order valence-corrected chi connectivity index (χ2v) is 9.19. The number of hydrogen-bond donors (Lipinski definition) is 1. The molecule has 0 amide bonds. The molecule has 0 spiro atoms. The molecular formula is C22H26N2O2S. The highest BCUT2D eigenvalue weighted by molar-refractivity contribution is 7.99. The summed E-state index contributed by atoms with van der Waals surface area (Å²) in [5.41, 5.74) is 1.89. The second kappa shape index (κ2) is 7.21. The number of para-hydroxylation sites is 2. The zero-order valence-corrected chi connectivity index (χ0v) is 16.7. The van der Waals surface area contributed by atoms with Gasteiger partial charge in [-0.05, 0) is 51.0 Å². The van der Waals surface area contributed by atoms with Crippen molar-refractivity contribution in [2.45, 2.75) is 42.5 Å². The Bertz CT molecular complexity index is 798. The zero-order chi connectivity index (χ0) is 19.0. The molecule has 0 unspecified atom stereocenters. The molecule has 142 valence electrons. The van der Waals surface area contributed by atoms with Gasteiger partial charge in [0.15, 0.2) is 0 Å². The Morgan fingerprint density at radius 3 is 2.07 bits per heavy atom. The smallest absolute Gasteiger partial charge is 0.310 e. The van der Waals surface area contributed by atoms with Crippen LogP contribution in [0.5, 0.6) is 0 Å². The van der Waals surface area contributed by atoms with E-state index in [1.165, 1.54) is 21.2 Å². The lowest BCUT2D eigenvalue weighted by atomic mass is 9.91. The molecule has 27 heavy (non-hydrogen) atoms. The lowest BCUT2D eigenvalue weighted by Crippen LogP contribution is -2.47. The van der Waals surface area contributed by atoms with E-state index >= 15 is 0 Å². The standard InChI is InChI=1S/C22H26N2O2S/c1-22(2,21(25)26)15-23-13-11-16(12-14-23)24-17-7-3-5-9-19(17)27-20-10-6-4-8-18(20)24/h3-10,16H,11-15H2,1-2H3,(H,25,26). The molecule has 0 aliphatic carbocycles. The maximum atomic E-state index is 11.4. The largest absolute Gasteiger partial charge is 0.481 e. The molecule has 4 nitrogen and oxygen atoms in total. The van der Waals surface area contributed by atoms with Crippen molar-refractivity contribution in [2.75, 3.05) is 24.5 Å². The minimum atomic E-state index is -0.722. The van der Waals surface area contributed by atoms with E-state index in [0.717, 1.165) is 25.9 Å². The first-order valence-electron chi connectivity index (χ1n) is 9.56. The predicted molar refractivity (Wildman–Crippen MR) is 110 cm³/mol. The number of carboxylic acid groups (broad SMARTS) is 1. The summed E-state index contributed by atoms with van der Waals surface area (Å²) in [5.74, 6) is -0.722. The summed E-state index contributed by atoms with van der Waals surface area (Å²) in [5, 5.41) is 9.41. The number of aliphatic carboxylic acids is 1. The minimum Gasteiger partial charge on any atom is -0.481 e. The summed E-state index contributed by atoms with van der Waals surface area (Å²) in [4.78, 5) is 18.9. The van der Waals surface area contributed by atoms with Crippen LogP contribution >= 0.6 is 11.8 Å². The lowest BCUT2D eigenvalue weighted by molar-refractivity contribution is -0.148. The summed E-state index contributed by atoms with van der Waals surface area (Å²) in [6.45, 7) is 6.12. The topological polar surface area (TPSA) is 43.8 Å². The number of benzene rings is 2. The summed E-state index contributed by atoms with van der Waals surface area (Å²) < 4.78 is 0. The predicted octanol–water partition coefficient (Wildman–Crippen LogP) is 4.86. The van der Waals surface area contributed by atoms with E-state index in [9.17, 15) is 9.90 Å². The van der Waals surface area contributed by atoms with Crippen LogP contribution < -0.4 is 4.90 Å². The van der Waals surface area contributed by atoms with Crippen molar-refractivity contribution < 1.29 is 9.90 Å². The number of rotatable bonds is 4. The summed E-state index contributed by atoms with van der Waals surface area (Å²) in [7, 11) is 0. The van der Waals surface area contributed by atoms with Crippen LogP contribution in [-0.4, -0.2) is 41.7 Å². The van der Waals surface area contributed by atoms with Crippen molar-refractivity contribution in [3.05, 3.63) is 48.5 Å². The zero-order valence-electron chi connectivity index (χ0n) is 15.9. The molecule has 0 radical (unpaired) electrons. The number of carboxylic acids is 1. The van der Waals surface area contributed by atoms with Crippen LogP contribution in [0.2, 0.25) is 0 Å². The molecule has 1 saturated heterocycles. The molecular weight excluding hydrogens is 356 g/mol. The Morgan fingerprint density at radius 2 is 1.56 bits per heavy atom. The van der Waals surface area contributed by atoms with Crippen LogP contribution in [0.3, 0.4) is 0 Å². The van der Waals surface area contributed by atoms with Crippen LogP contribution in [0.1, 0.15) is 26.7 Å². The molecule has 5 heteroatoms. The molecule has 1 fully saturated rings. The average Bonchev–Trinajstić information content (AvgIpc) is 2.66. The fourth-order valence-electron chi connectivity index (χ4n) is 4.09. The Hall–Kier alpha value is -1.98. The van der Waals surface area contributed by atoms with Gasteiger partial charge in [-0.25, -0.2) is 0 Å². The Labute approximate surface area is 165 Å². The SMILES string of the molecule is CC(C)(CN1CCC(N2c3ccccc3Sc3ccccc32)CC1)C(=O)O. The van der Waals surface area contributed by atoms with E-state index in [4.69, 9.17) is 0 Å². The number of fused-ring (bicyclic) bond motifs is 2. The maximum absolute atomic E-state index is 11.4. The normalized spacial score (nSPS) is 18.1. The number of nitrogens with zero attached hydrogens (tertiary/aromatic N) is 2. The maximum Gasteiger partial charge on any atom is 0.310 e. The first-order valence-corrected chi connectivity index (χ1v) is 10.4. The van der Waals surface area contributed by atoms with Gasteiger partial charge in [-0.15, -0.1) is 0 Å². The van der Waals surface area contributed by atoms with Gasteiger partial charge in [0.25, 0.3) is 0 Å². The quantitative estimate of drug-likeness (QED) is 0.818. The molecule has 0 atom stereocenters. The van der Waals surface area contributed by atoms with E-state index in [1.807, 2.05) is 25.6 Å². The van der Waals surface area contributed by atoms with E-state index in [-0.39, 0.29) is 0 Å². The summed E-state index contributed by atoms with van der Waals surface area (Å²) >= 11 is 1.84. The van der Waals surface area contributed by atoms with Crippen LogP contribution in [0.25, 0.3) is 0 Å². The first kappa shape index (κ1) is 18.4. The van der Waals surface area contributed by atoms with Gasteiger partial charge in [-0.2, -0.15) is 0 Å². The summed E-state index contributed by atoms with van der Waals surface area (Å²) in [6, 6.07) is 17.7. The molecule has 2 aromatic carbocycles. The van der Waals surface area contributed by atoms with Crippen molar-refractivity contribution >= 4 is 29.1 Å². The first-order chi connectivity index (χ1) is 13.0. The molecule has 2 aliphatic heterocycles. The Kier molecular flexibility index (Phi) is 4.91. The highest BCUT2D eigenvalue weighted by Gasteiger charge is 2.34. The molecule has 2 aliphatic rings. The molecule has 0 saturated carbocycles. The Balaban J connectivity index is 1.54. The Morgan fingerprint density at radius 1 is 1.04 bits per heavy atom. The molecule has 1 N–H and O–H groups in total. The van der Waals surface area contributed by atoms with E-state index in [1.54, 1.807) is 0 Å². The van der Waals surface area contributed by atoms with Crippen LogP contribution in [0.15, 0.2) is 58.3 Å². The van der Waals surface area contributed by atoms with Crippen molar-refractivity contribution in [3.8, 4) is 0 Å². The van der Waals surface area contributed by atoms with Crippen molar-refractivity contribution in [3.63, 3.8) is 0 Å². The van der Waals surface area contributed by atoms with Gasteiger partial charge in [-0.3, -0.25) is 4.79 Å². The van der Waals surface area contributed by atoms with E-state index in [0.29, 0.717) is 12.6 Å². The van der Waals surface area contributed by atoms with Gasteiger partial charge in [-0.1, -0.05) is 36.0 Å². The number of carbonyl (C=O) groups is 1. The number of anilines is 2. The number of hydrogen-bond acceptors (Lipinski definition) is 4. The number of likely N-dealkylation sites (tertiary alicyclic amines) is 1. The van der Waals surface area contributed by atoms with Gasteiger partial charge in [0, 0.05) is 35.5 Å². The third kappa shape index (κ3) is 3.58. The van der Waals surface area contributed by atoms with E-state index < -0.39 is 11.4 Å². The molecule has 2 heterocycles. The second-order valence-electron chi connectivity index (χ2n) is 8.10. The van der Waals surface area contributed by atoms with Crippen LogP contribution in [-0.2, 0) is 4.79 Å². The van der Waals surface area contributed by atoms with E-state index in [2.05, 4.69) is 58.3 Å². The van der Waals surface area contributed by atoms with Gasteiger partial charge in [0.05, 0.1) is 16.8 Å². The highest BCUT2D eigenvalue weighted by Crippen LogP contribution is 2.49. The monoisotopic (exact) mass is 382 g/mol. The minimum absolute atomic E-state index is 0.442. The van der Waals surface area contributed by atoms with Gasteiger partial charge >= 0.3 is 5.97 Å². The highest BCUT2D eigenvalue weighted by atomic mass is 32.2. The third-order valence-corrected chi connectivity index (χ3v) is 6.72. The van der Waals surface area contributed by atoms with Crippen molar-refractivity contribution in [1.82, 2.24) is 4.90 Å². The molecule has 2 aromatic rings. The van der Waals surface area contributed by atoms with Gasteiger partial charge < -0.3 is 14.9 Å². The molecule has 0 aromatic heterocycles. The summed E-state index contributed by atoms with van der Waals surface area (Å²) in [6.07, 6.45) is 2.09. The molecule has 4 rings (SSSR count). The van der Waals surface area contributed by atoms with Gasteiger partial charge in [0.1, 0.15) is 0 Å². The fraction of sp³-hybridized carbons (Fsp3) is 0.409. The van der Waals surface area contributed by atoms with Crippen molar-refractivity contribution in [1.29, 1.82) is 0 Å². The fourth-order valence-corrected chi connectivity index (χ4v) is 5.16. The average molecular weight is 383 g/mol. The lowest BCUT2D eigenvalue weighted by Gasteiger charge is -2.43. The third-order valence-electron chi connectivity index (χ3n) is 5.59. The van der Waals surface area contributed by atoms with Crippen LogP contribution in [0, 0.1) is 5.41 Å². The van der Waals surface area contributed by atoms with Crippen LogP contribution in [0.4, 0.5) is 11.4 Å². The number of piperidine rings is 1. The van der Waals surface area contributed by atoms with Crippen molar-refractivity contribution in [2.24, 2.45) is 5.41 Å². The molecule has 0 bridgehead atoms.